The fourth-order valence-electron chi connectivity index (χ4n) is 2.75. The monoisotopic (exact) mass is 321 g/mol. The number of quaternary nitrogens is 1. The first-order valence-electron chi connectivity index (χ1n) is 7.39. The van der Waals surface area contributed by atoms with Crippen molar-refractivity contribution in [3.05, 3.63) is 24.3 Å². The van der Waals surface area contributed by atoms with Gasteiger partial charge in [-0.05, 0) is 19.1 Å². The minimum atomic E-state index is 0.0428. The lowest BCUT2D eigenvalue weighted by atomic mass is 10.3. The number of ether oxygens (including phenoxy) is 1. The van der Waals surface area contributed by atoms with E-state index in [9.17, 15) is 4.79 Å². The number of benzene rings is 1. The Labute approximate surface area is 134 Å². The van der Waals surface area contributed by atoms with Crippen molar-refractivity contribution in [2.75, 3.05) is 40.5 Å². The van der Waals surface area contributed by atoms with Crippen LogP contribution in [0, 0.1) is 0 Å². The number of para-hydroxylation sites is 1. The first kappa shape index (κ1) is 15.4. The molecule has 0 bridgehead atoms. The van der Waals surface area contributed by atoms with E-state index in [0.717, 1.165) is 15.3 Å². The molecule has 2 heterocycles. The van der Waals surface area contributed by atoms with E-state index < -0.39 is 0 Å². The van der Waals surface area contributed by atoms with Crippen LogP contribution in [0.5, 0.6) is 0 Å². The van der Waals surface area contributed by atoms with Gasteiger partial charge in [-0.15, -0.1) is 9.60 Å². The van der Waals surface area contributed by atoms with Gasteiger partial charge >= 0.3 is 11.2 Å². The maximum Gasteiger partial charge on any atom is 0.446 e. The highest BCUT2D eigenvalue weighted by atomic mass is 32.1. The number of thiazole rings is 1. The predicted molar refractivity (Wildman–Crippen MR) is 88.6 cm³/mol. The maximum atomic E-state index is 12.9. The highest BCUT2D eigenvalue weighted by Crippen LogP contribution is 2.37. The number of amides is 2. The SMILES string of the molecule is CCOCN(C)[N+]1(c2nc3ccccc3s2)CCN(C)C1=O. The molecule has 1 aliphatic rings. The molecule has 6 nitrogen and oxygen atoms in total. The van der Waals surface area contributed by atoms with Gasteiger partial charge in [0, 0.05) is 20.7 Å². The highest BCUT2D eigenvalue weighted by molar-refractivity contribution is 7.22. The van der Waals surface area contributed by atoms with Crippen molar-refractivity contribution in [1.82, 2.24) is 19.5 Å². The molecule has 2 amide bonds. The summed E-state index contributed by atoms with van der Waals surface area (Å²) in [6, 6.07) is 8.04. The Balaban J connectivity index is 2.07. The van der Waals surface area contributed by atoms with Crippen LogP contribution in [0.3, 0.4) is 0 Å². The Morgan fingerprint density at radius 3 is 2.86 bits per heavy atom. The Kier molecular flexibility index (Phi) is 4.14. The van der Waals surface area contributed by atoms with Crippen LogP contribution in [0.4, 0.5) is 9.93 Å². The Morgan fingerprint density at radius 2 is 2.23 bits per heavy atom. The molecule has 0 N–H and O–H groups in total. The van der Waals surface area contributed by atoms with E-state index in [1.54, 1.807) is 16.2 Å². The van der Waals surface area contributed by atoms with Gasteiger partial charge in [0.2, 0.25) is 0 Å². The summed E-state index contributed by atoms with van der Waals surface area (Å²) in [5, 5.41) is 2.74. The summed E-state index contributed by atoms with van der Waals surface area (Å²) in [6.45, 7) is 4.36. The van der Waals surface area contributed by atoms with Gasteiger partial charge < -0.3 is 4.74 Å². The molecule has 1 unspecified atom stereocenters. The van der Waals surface area contributed by atoms with Crippen LogP contribution in [0.1, 0.15) is 6.92 Å². The van der Waals surface area contributed by atoms with Crippen molar-refractivity contribution in [1.29, 1.82) is 0 Å². The van der Waals surface area contributed by atoms with E-state index in [1.807, 2.05) is 50.3 Å². The molecular formula is C15H21N4O2S+. The minimum absolute atomic E-state index is 0.0428. The molecule has 7 heteroatoms. The molecule has 0 spiro atoms. The van der Waals surface area contributed by atoms with Crippen LogP contribution in [0.25, 0.3) is 10.2 Å². The first-order valence-corrected chi connectivity index (χ1v) is 8.20. The van der Waals surface area contributed by atoms with E-state index >= 15 is 0 Å². The second-order valence-corrected chi connectivity index (χ2v) is 6.45. The van der Waals surface area contributed by atoms with Gasteiger partial charge in [-0.1, -0.05) is 23.5 Å². The number of nitrogens with zero attached hydrogens (tertiary/aromatic N) is 4. The molecule has 1 aliphatic heterocycles. The fraction of sp³-hybridized carbons (Fsp3) is 0.467. The standard InChI is InChI=1S/C15H21N4O2S/c1-4-21-11-18(3)19(10-9-17(2)15(19)20)14-16-12-7-5-6-8-13(12)22-14/h5-8H,4,9-11H2,1-3H3/q+1. The van der Waals surface area contributed by atoms with Crippen LogP contribution in [0.2, 0.25) is 0 Å². The third kappa shape index (κ3) is 2.30. The summed E-state index contributed by atoms with van der Waals surface area (Å²) in [7, 11) is 3.75. The summed E-state index contributed by atoms with van der Waals surface area (Å²) in [5.74, 6) is 0. The molecule has 0 radical (unpaired) electrons. The van der Waals surface area contributed by atoms with Crippen LogP contribution in [-0.2, 0) is 4.74 Å². The van der Waals surface area contributed by atoms with Gasteiger partial charge in [0.1, 0.15) is 13.3 Å². The van der Waals surface area contributed by atoms with Gasteiger partial charge in [0.15, 0.2) is 0 Å². The molecule has 3 rings (SSSR count). The summed E-state index contributed by atoms with van der Waals surface area (Å²) in [5.41, 5.74) is 0.937. The summed E-state index contributed by atoms with van der Waals surface area (Å²) in [4.78, 5) is 19.4. The lowest BCUT2D eigenvalue weighted by Gasteiger charge is -2.34. The average Bonchev–Trinajstić information content (AvgIpc) is 3.08. The topological polar surface area (TPSA) is 45.7 Å². The van der Waals surface area contributed by atoms with Gasteiger partial charge in [-0.25, -0.2) is 4.79 Å². The normalized spacial score (nSPS) is 22.2. The van der Waals surface area contributed by atoms with E-state index in [2.05, 4.69) is 0 Å². The van der Waals surface area contributed by atoms with Crippen molar-refractivity contribution in [3.63, 3.8) is 0 Å². The molecule has 1 aromatic heterocycles. The van der Waals surface area contributed by atoms with E-state index in [1.165, 1.54) is 0 Å². The zero-order valence-corrected chi connectivity index (χ0v) is 14.0. The number of likely N-dealkylation sites (N-methyl/N-ethyl adjacent to an activating group) is 1. The molecule has 2 aromatic rings. The van der Waals surface area contributed by atoms with Crippen molar-refractivity contribution in [2.24, 2.45) is 0 Å². The van der Waals surface area contributed by atoms with Crippen molar-refractivity contribution in [2.45, 2.75) is 6.92 Å². The molecule has 22 heavy (non-hydrogen) atoms. The Hall–Kier alpha value is -1.54. The first-order chi connectivity index (χ1) is 10.6. The van der Waals surface area contributed by atoms with Gasteiger partial charge in [0.05, 0.1) is 16.8 Å². The Bertz CT molecular complexity index is 656. The average molecular weight is 321 g/mol. The number of hydrogen-bond donors (Lipinski definition) is 0. The smallest absolute Gasteiger partial charge is 0.361 e. The van der Waals surface area contributed by atoms with Crippen LogP contribution in [0.15, 0.2) is 24.3 Å². The zero-order valence-electron chi connectivity index (χ0n) is 13.2. The van der Waals surface area contributed by atoms with Gasteiger partial charge in [0.25, 0.3) is 0 Å². The predicted octanol–water partition coefficient (Wildman–Crippen LogP) is 2.51. The molecular weight excluding hydrogens is 300 g/mol. The molecule has 1 atom stereocenters. The number of aromatic nitrogens is 1. The van der Waals surface area contributed by atoms with Crippen LogP contribution >= 0.6 is 11.3 Å². The Morgan fingerprint density at radius 1 is 1.45 bits per heavy atom. The van der Waals surface area contributed by atoms with E-state index in [4.69, 9.17) is 9.72 Å². The van der Waals surface area contributed by atoms with Crippen LogP contribution < -0.4 is 4.59 Å². The van der Waals surface area contributed by atoms with Crippen molar-refractivity contribution >= 4 is 32.7 Å². The van der Waals surface area contributed by atoms with Crippen LogP contribution in [-0.4, -0.2) is 61.4 Å². The molecule has 0 aliphatic carbocycles. The number of carbonyl (C=O) groups excluding carboxylic acids is 1. The quantitative estimate of drug-likeness (QED) is 0.627. The number of urea groups is 1. The van der Waals surface area contributed by atoms with E-state index in [0.29, 0.717) is 26.4 Å². The second kappa shape index (κ2) is 5.92. The number of carbonyl (C=O) groups is 1. The lowest BCUT2D eigenvalue weighted by Crippen LogP contribution is -2.62. The summed E-state index contributed by atoms with van der Waals surface area (Å²) < 4.78 is 6.73. The molecule has 0 saturated carbocycles. The molecule has 1 saturated heterocycles. The molecule has 118 valence electrons. The second-order valence-electron chi connectivity index (χ2n) is 5.44. The van der Waals surface area contributed by atoms with E-state index in [-0.39, 0.29) is 10.6 Å². The summed E-state index contributed by atoms with van der Waals surface area (Å²) >= 11 is 1.58. The largest absolute Gasteiger partial charge is 0.446 e. The lowest BCUT2D eigenvalue weighted by molar-refractivity contribution is -0.0448. The third-order valence-corrected chi connectivity index (χ3v) is 5.21. The highest BCUT2D eigenvalue weighted by Gasteiger charge is 2.53. The third-order valence-electron chi connectivity index (χ3n) is 4.07. The summed E-state index contributed by atoms with van der Waals surface area (Å²) in [6.07, 6.45) is 0. The number of rotatable bonds is 5. The number of hydrogen-bond acceptors (Lipinski definition) is 5. The number of fused-ring (bicyclic) bond motifs is 1. The van der Waals surface area contributed by atoms with Gasteiger partial charge in [-0.3, -0.25) is 4.90 Å². The zero-order chi connectivity index (χ0) is 15.7. The maximum absolute atomic E-state index is 12.9. The van der Waals surface area contributed by atoms with Gasteiger partial charge in [-0.2, -0.15) is 4.98 Å². The fourth-order valence-corrected chi connectivity index (χ4v) is 3.91. The minimum Gasteiger partial charge on any atom is -0.361 e. The van der Waals surface area contributed by atoms with Crippen molar-refractivity contribution < 1.29 is 9.53 Å². The molecule has 1 fully saturated rings. The van der Waals surface area contributed by atoms with Crippen molar-refractivity contribution in [3.8, 4) is 0 Å². The molecule has 1 aromatic carbocycles.